The standard InChI is InChI=1S/C20H29N3OS/c1-16-9-13-23(18-7-2-3-8-19(18)25-16)20(24)15-21-10-5-12-22-11-4-6-17(22)14-21/h2-3,7-8,16-17H,4-6,9-15H2,1H3/t16-,17-/m1/s1. The van der Waals surface area contributed by atoms with Crippen LogP contribution < -0.4 is 4.90 Å². The Balaban J connectivity index is 1.47. The molecule has 1 amide bonds. The lowest BCUT2D eigenvalue weighted by atomic mass is 10.2. The number of thioether (sulfide) groups is 1. The van der Waals surface area contributed by atoms with Crippen molar-refractivity contribution in [2.45, 2.75) is 48.8 Å². The Kier molecular flexibility index (Phi) is 5.34. The molecule has 2 atom stereocenters. The summed E-state index contributed by atoms with van der Waals surface area (Å²) in [6, 6.07) is 9.07. The molecule has 0 bridgehead atoms. The molecule has 0 aliphatic carbocycles. The quantitative estimate of drug-likeness (QED) is 0.811. The van der Waals surface area contributed by atoms with Crippen molar-refractivity contribution in [2.75, 3.05) is 44.2 Å². The lowest BCUT2D eigenvalue weighted by Gasteiger charge is -2.28. The van der Waals surface area contributed by atoms with Crippen LogP contribution in [0.3, 0.4) is 0 Å². The van der Waals surface area contributed by atoms with E-state index < -0.39 is 0 Å². The average Bonchev–Trinajstić information content (AvgIpc) is 2.84. The minimum atomic E-state index is 0.272. The summed E-state index contributed by atoms with van der Waals surface area (Å²) in [7, 11) is 0. The zero-order chi connectivity index (χ0) is 17.2. The Morgan fingerprint density at radius 2 is 1.96 bits per heavy atom. The predicted molar refractivity (Wildman–Crippen MR) is 104 cm³/mol. The number of nitrogens with zero attached hydrogens (tertiary/aromatic N) is 3. The minimum absolute atomic E-state index is 0.272. The summed E-state index contributed by atoms with van der Waals surface area (Å²) >= 11 is 1.90. The molecule has 0 saturated carbocycles. The Bertz CT molecular complexity index is 623. The van der Waals surface area contributed by atoms with Crippen molar-refractivity contribution in [1.29, 1.82) is 0 Å². The van der Waals surface area contributed by atoms with E-state index in [1.165, 1.54) is 37.2 Å². The van der Waals surface area contributed by atoms with Crippen LogP contribution in [0.5, 0.6) is 0 Å². The SMILES string of the molecule is C[C@@H]1CCN(C(=O)CN2CCCN3CCC[C@@H]3C2)c2ccccc2S1. The summed E-state index contributed by atoms with van der Waals surface area (Å²) in [6.07, 6.45) is 4.86. The van der Waals surface area contributed by atoms with Gasteiger partial charge in [0.05, 0.1) is 12.2 Å². The highest BCUT2D eigenvalue weighted by Gasteiger charge is 2.31. The maximum absolute atomic E-state index is 13.2. The van der Waals surface area contributed by atoms with E-state index in [9.17, 15) is 4.79 Å². The van der Waals surface area contributed by atoms with Gasteiger partial charge in [0.15, 0.2) is 0 Å². The van der Waals surface area contributed by atoms with Crippen LogP contribution in [0.25, 0.3) is 0 Å². The molecule has 136 valence electrons. The van der Waals surface area contributed by atoms with E-state index >= 15 is 0 Å². The molecule has 0 aromatic heterocycles. The molecule has 0 N–H and O–H groups in total. The summed E-state index contributed by atoms with van der Waals surface area (Å²) in [6.45, 7) is 8.24. The summed E-state index contributed by atoms with van der Waals surface area (Å²) in [5.74, 6) is 0.272. The molecule has 1 aromatic carbocycles. The Morgan fingerprint density at radius 3 is 2.88 bits per heavy atom. The van der Waals surface area contributed by atoms with Gasteiger partial charge in [0.2, 0.25) is 5.91 Å². The number of carbonyl (C=O) groups excluding carboxylic acids is 1. The van der Waals surface area contributed by atoms with Gasteiger partial charge < -0.3 is 4.90 Å². The number of amides is 1. The highest BCUT2D eigenvalue weighted by atomic mass is 32.2. The van der Waals surface area contributed by atoms with E-state index in [1.54, 1.807) is 0 Å². The number of anilines is 1. The lowest BCUT2D eigenvalue weighted by Crippen LogP contribution is -2.44. The maximum atomic E-state index is 13.2. The summed E-state index contributed by atoms with van der Waals surface area (Å²) in [5.41, 5.74) is 1.11. The monoisotopic (exact) mass is 359 g/mol. The van der Waals surface area contributed by atoms with Crippen molar-refractivity contribution in [3.8, 4) is 0 Å². The molecule has 25 heavy (non-hydrogen) atoms. The first-order chi connectivity index (χ1) is 12.2. The zero-order valence-electron chi connectivity index (χ0n) is 15.2. The van der Waals surface area contributed by atoms with E-state index in [-0.39, 0.29) is 5.91 Å². The molecule has 4 nitrogen and oxygen atoms in total. The third-order valence-electron chi connectivity index (χ3n) is 5.79. The van der Waals surface area contributed by atoms with Gasteiger partial charge in [0.1, 0.15) is 0 Å². The first kappa shape index (κ1) is 17.4. The lowest BCUT2D eigenvalue weighted by molar-refractivity contribution is -0.119. The van der Waals surface area contributed by atoms with Gasteiger partial charge in [-0.2, -0.15) is 0 Å². The number of carbonyl (C=O) groups is 1. The van der Waals surface area contributed by atoms with Crippen molar-refractivity contribution in [3.63, 3.8) is 0 Å². The fourth-order valence-electron chi connectivity index (χ4n) is 4.45. The smallest absolute Gasteiger partial charge is 0.241 e. The normalized spacial score (nSPS) is 28.1. The zero-order valence-corrected chi connectivity index (χ0v) is 16.0. The molecular weight excluding hydrogens is 330 g/mol. The van der Waals surface area contributed by atoms with Crippen LogP contribution in [-0.2, 0) is 4.79 Å². The Hall–Kier alpha value is -1.04. The number of hydrogen-bond acceptors (Lipinski definition) is 4. The first-order valence-electron chi connectivity index (χ1n) is 9.73. The first-order valence-corrected chi connectivity index (χ1v) is 10.6. The fourth-order valence-corrected chi connectivity index (χ4v) is 5.56. The van der Waals surface area contributed by atoms with Gasteiger partial charge in [0.25, 0.3) is 0 Å². The van der Waals surface area contributed by atoms with Gasteiger partial charge in [-0.1, -0.05) is 19.1 Å². The molecule has 3 aliphatic heterocycles. The largest absolute Gasteiger partial charge is 0.310 e. The molecular formula is C20H29N3OS. The van der Waals surface area contributed by atoms with Crippen LogP contribution >= 0.6 is 11.8 Å². The minimum Gasteiger partial charge on any atom is -0.310 e. The molecule has 0 spiro atoms. The second-order valence-electron chi connectivity index (χ2n) is 7.65. The number of rotatable bonds is 2. The maximum Gasteiger partial charge on any atom is 0.241 e. The van der Waals surface area contributed by atoms with E-state index in [0.29, 0.717) is 17.8 Å². The average molecular weight is 360 g/mol. The van der Waals surface area contributed by atoms with Gasteiger partial charge in [-0.3, -0.25) is 14.6 Å². The molecule has 3 aliphatic rings. The summed E-state index contributed by atoms with van der Waals surface area (Å²) in [5, 5.41) is 0.559. The van der Waals surface area contributed by atoms with Gasteiger partial charge in [0, 0.05) is 29.3 Å². The van der Waals surface area contributed by atoms with Crippen LogP contribution in [0.4, 0.5) is 5.69 Å². The Morgan fingerprint density at radius 1 is 1.12 bits per heavy atom. The van der Waals surface area contributed by atoms with Crippen LogP contribution in [0.2, 0.25) is 0 Å². The molecule has 1 aromatic rings. The van der Waals surface area contributed by atoms with Crippen molar-refractivity contribution < 1.29 is 4.79 Å². The molecule has 0 unspecified atom stereocenters. The van der Waals surface area contributed by atoms with E-state index in [4.69, 9.17) is 0 Å². The molecule has 3 heterocycles. The van der Waals surface area contributed by atoms with Gasteiger partial charge in [-0.15, -0.1) is 11.8 Å². The third kappa shape index (κ3) is 3.88. The van der Waals surface area contributed by atoms with Crippen molar-refractivity contribution in [2.24, 2.45) is 0 Å². The second-order valence-corrected chi connectivity index (χ2v) is 9.13. The Labute approximate surface area is 155 Å². The number of benzene rings is 1. The van der Waals surface area contributed by atoms with Crippen molar-refractivity contribution >= 4 is 23.4 Å². The number of hydrogen-bond donors (Lipinski definition) is 0. The van der Waals surface area contributed by atoms with Gasteiger partial charge in [-0.25, -0.2) is 0 Å². The topological polar surface area (TPSA) is 26.8 Å². The summed E-state index contributed by atoms with van der Waals surface area (Å²) in [4.78, 5) is 21.5. The van der Waals surface area contributed by atoms with Crippen molar-refractivity contribution in [1.82, 2.24) is 9.80 Å². The molecule has 4 rings (SSSR count). The second kappa shape index (κ2) is 7.68. The number of para-hydroxylation sites is 1. The van der Waals surface area contributed by atoms with Crippen LogP contribution in [0.15, 0.2) is 29.2 Å². The third-order valence-corrected chi connectivity index (χ3v) is 7.03. The fraction of sp³-hybridized carbons (Fsp3) is 0.650. The van der Waals surface area contributed by atoms with Crippen molar-refractivity contribution in [3.05, 3.63) is 24.3 Å². The predicted octanol–water partition coefficient (Wildman–Crippen LogP) is 3.07. The highest BCUT2D eigenvalue weighted by Crippen LogP contribution is 2.37. The van der Waals surface area contributed by atoms with E-state index in [1.807, 2.05) is 16.7 Å². The summed E-state index contributed by atoms with van der Waals surface area (Å²) < 4.78 is 0. The number of fused-ring (bicyclic) bond motifs is 2. The van der Waals surface area contributed by atoms with Gasteiger partial charge in [-0.05, 0) is 57.5 Å². The molecule has 0 radical (unpaired) electrons. The molecule has 2 saturated heterocycles. The van der Waals surface area contributed by atoms with E-state index in [0.717, 1.165) is 31.7 Å². The van der Waals surface area contributed by atoms with Gasteiger partial charge >= 0.3 is 0 Å². The highest BCUT2D eigenvalue weighted by molar-refractivity contribution is 8.00. The van der Waals surface area contributed by atoms with Crippen LogP contribution in [0, 0.1) is 0 Å². The van der Waals surface area contributed by atoms with Crippen LogP contribution in [-0.4, -0.2) is 66.3 Å². The van der Waals surface area contributed by atoms with Crippen LogP contribution in [0.1, 0.15) is 32.6 Å². The van der Waals surface area contributed by atoms with E-state index in [2.05, 4.69) is 41.0 Å². The molecule has 5 heteroatoms. The molecule has 2 fully saturated rings.